The normalized spacial score (nSPS) is 13.2. The fourth-order valence-electron chi connectivity index (χ4n) is 2.13. The molecule has 0 saturated carbocycles. The average molecular weight is 321 g/mol. The second-order valence-corrected chi connectivity index (χ2v) is 6.50. The van der Waals surface area contributed by atoms with Crippen LogP contribution >= 0.6 is 0 Å². The molecule has 0 fully saturated rings. The number of carbonyl (C=O) groups excluding carboxylic acids is 1. The van der Waals surface area contributed by atoms with E-state index >= 15 is 0 Å². The van der Waals surface area contributed by atoms with Crippen molar-refractivity contribution in [2.45, 2.75) is 52.2 Å². The van der Waals surface area contributed by atoms with Crippen LogP contribution in [0.5, 0.6) is 0 Å². The lowest BCUT2D eigenvalue weighted by molar-refractivity contribution is -0.155. The van der Waals surface area contributed by atoms with Gasteiger partial charge in [0.15, 0.2) is 0 Å². The number of ether oxygens (including phenoxy) is 2. The molecule has 5 nitrogen and oxygen atoms in total. The van der Waals surface area contributed by atoms with Crippen molar-refractivity contribution >= 4 is 12.2 Å². The van der Waals surface area contributed by atoms with Crippen molar-refractivity contribution in [3.05, 3.63) is 35.9 Å². The molecular weight excluding hydrogens is 294 g/mol. The predicted molar refractivity (Wildman–Crippen MR) is 89.6 cm³/mol. The number of carbonyl (C=O) groups is 1. The Balaban J connectivity index is 2.26. The average Bonchev–Trinajstić information content (AvgIpc) is 2.46. The largest absolute Gasteiger partial charge is 0.460 e. The fraction of sp³-hybridized carbons (Fsp3) is 0.556. The molecular formula is C18H27NO4. The predicted octanol–water partition coefficient (Wildman–Crippen LogP) is 3.79. The number of esters is 1. The molecule has 0 aliphatic carbocycles. The molecule has 0 heterocycles. The fourth-order valence-corrected chi connectivity index (χ4v) is 2.13. The zero-order valence-corrected chi connectivity index (χ0v) is 14.2. The van der Waals surface area contributed by atoms with Crippen LogP contribution in [0.1, 0.15) is 45.6 Å². The van der Waals surface area contributed by atoms with Gasteiger partial charge in [0.05, 0.1) is 13.0 Å². The first-order valence-corrected chi connectivity index (χ1v) is 7.92. The zero-order valence-electron chi connectivity index (χ0n) is 14.2. The summed E-state index contributed by atoms with van der Waals surface area (Å²) in [5.41, 5.74) is 0.631. The molecule has 1 aromatic rings. The third-order valence-corrected chi connectivity index (χ3v) is 3.10. The van der Waals surface area contributed by atoms with E-state index in [0.29, 0.717) is 19.6 Å². The highest BCUT2D eigenvalue weighted by Gasteiger charge is 2.19. The molecule has 0 amide bonds. The topological polar surface area (TPSA) is 68.1 Å². The van der Waals surface area contributed by atoms with Crippen LogP contribution in [0.25, 0.3) is 0 Å². The van der Waals surface area contributed by atoms with Gasteiger partial charge in [-0.05, 0) is 39.2 Å². The first-order valence-electron chi connectivity index (χ1n) is 7.92. The van der Waals surface area contributed by atoms with Gasteiger partial charge in [0, 0.05) is 18.7 Å². The Morgan fingerprint density at radius 3 is 2.61 bits per heavy atom. The third kappa shape index (κ3) is 9.68. The van der Waals surface area contributed by atoms with Crippen LogP contribution in [0.4, 0.5) is 0 Å². The quantitative estimate of drug-likeness (QED) is 0.247. The molecule has 128 valence electrons. The van der Waals surface area contributed by atoms with Gasteiger partial charge in [-0.15, -0.1) is 5.16 Å². The van der Waals surface area contributed by atoms with Crippen molar-refractivity contribution in [3.8, 4) is 0 Å². The molecule has 1 atom stereocenters. The molecule has 0 aliphatic heterocycles. The smallest absolute Gasteiger partial charge is 0.306 e. The number of hydrogen-bond donors (Lipinski definition) is 1. The SMILES string of the molecule is CC(C)(C)OC(=O)C[C@@H](C=NO)CCCOCc1ccccc1. The Morgan fingerprint density at radius 2 is 2.00 bits per heavy atom. The molecule has 1 aromatic carbocycles. The second kappa shape index (κ2) is 10.0. The Hall–Kier alpha value is -1.88. The summed E-state index contributed by atoms with van der Waals surface area (Å²) in [6.07, 6.45) is 3.09. The first kappa shape index (κ1) is 19.2. The Kier molecular flexibility index (Phi) is 8.33. The van der Waals surface area contributed by atoms with Crippen molar-refractivity contribution in [1.82, 2.24) is 0 Å². The second-order valence-electron chi connectivity index (χ2n) is 6.50. The van der Waals surface area contributed by atoms with Gasteiger partial charge in [0.25, 0.3) is 0 Å². The van der Waals surface area contributed by atoms with Gasteiger partial charge < -0.3 is 14.7 Å². The summed E-state index contributed by atoms with van der Waals surface area (Å²) in [4.78, 5) is 11.8. The molecule has 0 unspecified atom stereocenters. The van der Waals surface area contributed by atoms with E-state index in [4.69, 9.17) is 14.7 Å². The van der Waals surface area contributed by atoms with E-state index in [9.17, 15) is 4.79 Å². The van der Waals surface area contributed by atoms with Crippen molar-refractivity contribution < 1.29 is 19.5 Å². The van der Waals surface area contributed by atoms with Crippen LogP contribution in [-0.4, -0.2) is 29.6 Å². The highest BCUT2D eigenvalue weighted by Crippen LogP contribution is 2.15. The minimum Gasteiger partial charge on any atom is -0.460 e. The van der Waals surface area contributed by atoms with Gasteiger partial charge in [0.1, 0.15) is 5.60 Å². The number of hydrogen-bond acceptors (Lipinski definition) is 5. The van der Waals surface area contributed by atoms with E-state index in [1.807, 2.05) is 51.1 Å². The van der Waals surface area contributed by atoms with Crippen molar-refractivity contribution in [1.29, 1.82) is 0 Å². The molecule has 0 aliphatic rings. The van der Waals surface area contributed by atoms with Crippen LogP contribution in [0.15, 0.2) is 35.5 Å². The number of oxime groups is 1. The molecule has 0 radical (unpaired) electrons. The standard InChI is InChI=1S/C18H27NO4/c1-18(2,3)23-17(20)12-16(13-19-21)10-7-11-22-14-15-8-5-4-6-9-15/h4-6,8-9,13,16,21H,7,10-12,14H2,1-3H3/t16-/m0/s1. The summed E-state index contributed by atoms with van der Waals surface area (Å²) in [5, 5.41) is 11.8. The molecule has 0 aromatic heterocycles. The van der Waals surface area contributed by atoms with E-state index in [1.165, 1.54) is 6.21 Å². The maximum Gasteiger partial charge on any atom is 0.306 e. The van der Waals surface area contributed by atoms with E-state index in [-0.39, 0.29) is 18.3 Å². The molecule has 0 saturated heterocycles. The molecule has 23 heavy (non-hydrogen) atoms. The number of nitrogens with zero attached hydrogens (tertiary/aromatic N) is 1. The van der Waals surface area contributed by atoms with Crippen LogP contribution in [0.2, 0.25) is 0 Å². The highest BCUT2D eigenvalue weighted by atomic mass is 16.6. The van der Waals surface area contributed by atoms with Crippen molar-refractivity contribution in [3.63, 3.8) is 0 Å². The first-order chi connectivity index (χ1) is 10.9. The number of rotatable bonds is 9. The van der Waals surface area contributed by atoms with Crippen molar-refractivity contribution in [2.75, 3.05) is 6.61 Å². The molecule has 1 N–H and O–H groups in total. The summed E-state index contributed by atoms with van der Waals surface area (Å²) in [6, 6.07) is 9.97. The zero-order chi connectivity index (χ0) is 17.1. The molecule has 0 bridgehead atoms. The summed E-state index contributed by atoms with van der Waals surface area (Å²) in [5.74, 6) is -0.428. The maximum atomic E-state index is 11.8. The number of benzene rings is 1. The lowest BCUT2D eigenvalue weighted by atomic mass is 10.0. The van der Waals surface area contributed by atoms with Crippen LogP contribution in [-0.2, 0) is 20.9 Å². The maximum absolute atomic E-state index is 11.8. The van der Waals surface area contributed by atoms with Gasteiger partial charge in [-0.25, -0.2) is 0 Å². The van der Waals surface area contributed by atoms with E-state index < -0.39 is 5.60 Å². The Bertz CT molecular complexity index is 480. The lowest BCUT2D eigenvalue weighted by Crippen LogP contribution is -2.25. The van der Waals surface area contributed by atoms with Crippen LogP contribution in [0.3, 0.4) is 0 Å². The summed E-state index contributed by atoms with van der Waals surface area (Å²) in [7, 11) is 0. The van der Waals surface area contributed by atoms with Crippen LogP contribution < -0.4 is 0 Å². The monoisotopic (exact) mass is 321 g/mol. The van der Waals surface area contributed by atoms with Gasteiger partial charge in [-0.1, -0.05) is 30.3 Å². The summed E-state index contributed by atoms with van der Waals surface area (Å²) < 4.78 is 10.9. The van der Waals surface area contributed by atoms with Gasteiger partial charge in [-0.3, -0.25) is 4.79 Å². The van der Waals surface area contributed by atoms with E-state index in [0.717, 1.165) is 12.0 Å². The van der Waals surface area contributed by atoms with Gasteiger partial charge in [0.2, 0.25) is 0 Å². The third-order valence-electron chi connectivity index (χ3n) is 3.10. The van der Waals surface area contributed by atoms with Gasteiger partial charge >= 0.3 is 5.97 Å². The van der Waals surface area contributed by atoms with E-state index in [1.54, 1.807) is 0 Å². The lowest BCUT2D eigenvalue weighted by Gasteiger charge is -2.20. The minimum absolute atomic E-state index is 0.143. The minimum atomic E-state index is -0.503. The van der Waals surface area contributed by atoms with Gasteiger partial charge in [-0.2, -0.15) is 0 Å². The Labute approximate surface area is 138 Å². The van der Waals surface area contributed by atoms with Crippen molar-refractivity contribution in [2.24, 2.45) is 11.1 Å². The van der Waals surface area contributed by atoms with Crippen LogP contribution in [0, 0.1) is 5.92 Å². The van der Waals surface area contributed by atoms with E-state index in [2.05, 4.69) is 5.16 Å². The summed E-state index contributed by atoms with van der Waals surface area (Å²) in [6.45, 7) is 6.66. The highest BCUT2D eigenvalue weighted by molar-refractivity contribution is 5.75. The molecule has 0 spiro atoms. The Morgan fingerprint density at radius 1 is 1.30 bits per heavy atom. The molecule has 5 heteroatoms. The molecule has 1 rings (SSSR count). The summed E-state index contributed by atoms with van der Waals surface area (Å²) >= 11 is 0.